The zero-order valence-corrected chi connectivity index (χ0v) is 16.1. The van der Waals surface area contributed by atoms with Crippen LogP contribution in [-0.2, 0) is 6.42 Å². The first-order valence-corrected chi connectivity index (χ1v) is 11.3. The number of benzene rings is 2. The molecule has 23 heavy (non-hydrogen) atoms. The van der Waals surface area contributed by atoms with Gasteiger partial charge in [-0.25, -0.2) is 0 Å². The van der Waals surface area contributed by atoms with E-state index >= 15 is 0 Å². The molecule has 2 aromatic carbocycles. The molecule has 0 spiro atoms. The Balaban J connectivity index is 2.49. The van der Waals surface area contributed by atoms with E-state index in [1.807, 2.05) is 0 Å². The van der Waals surface area contributed by atoms with Crippen molar-refractivity contribution in [1.29, 1.82) is 0 Å². The molecule has 0 fully saturated rings. The summed E-state index contributed by atoms with van der Waals surface area (Å²) >= 11 is 0. The lowest BCUT2D eigenvalue weighted by Gasteiger charge is -2.37. The van der Waals surface area contributed by atoms with Crippen molar-refractivity contribution in [2.45, 2.75) is 58.2 Å². The summed E-state index contributed by atoms with van der Waals surface area (Å²) in [5.74, 6) is 3.81. The summed E-state index contributed by atoms with van der Waals surface area (Å²) in [5, 5.41) is 2.64. The molecule has 0 bridgehead atoms. The predicted octanol–water partition coefficient (Wildman–Crippen LogP) is 6.18. The molecule has 2 rings (SSSR count). The lowest BCUT2D eigenvalue weighted by atomic mass is 10.0. The van der Waals surface area contributed by atoms with E-state index in [0.29, 0.717) is 0 Å². The van der Waals surface area contributed by atoms with Crippen molar-refractivity contribution in [1.82, 2.24) is 0 Å². The molecule has 0 aliphatic rings. The number of fused-ring (bicyclic) bond motifs is 1. The van der Waals surface area contributed by atoms with Gasteiger partial charge in [0.1, 0.15) is 5.75 Å². The highest BCUT2D eigenvalue weighted by Gasteiger charge is 2.39. The summed E-state index contributed by atoms with van der Waals surface area (Å²) in [6, 6.07) is 12.9. The third-order valence-corrected chi connectivity index (χ3v) is 9.22. The zero-order valence-electron chi connectivity index (χ0n) is 15.1. The third kappa shape index (κ3) is 3.98. The largest absolute Gasteiger partial charge is 0.543 e. The molecule has 0 aliphatic heterocycles. The topological polar surface area (TPSA) is 9.23 Å². The zero-order chi connectivity index (χ0) is 17.1. The van der Waals surface area contributed by atoms with E-state index in [9.17, 15) is 0 Å². The molecule has 0 N–H and O–H groups in total. The second-order valence-electron chi connectivity index (χ2n) is 7.69. The standard InChI is InChI=1S/C21H28OSi/c1-7-8-9-13-18-16-15-17-12-10-11-14-19(17)20(18)22-23(5,6)21(2,3)4/h1,10-12,14-16H,8-9,13H2,2-6H3. The highest BCUT2D eigenvalue weighted by molar-refractivity contribution is 6.74. The van der Waals surface area contributed by atoms with Crippen LogP contribution >= 0.6 is 0 Å². The van der Waals surface area contributed by atoms with E-state index in [1.54, 1.807) is 0 Å². The van der Waals surface area contributed by atoms with Gasteiger partial charge in [-0.15, -0.1) is 12.3 Å². The summed E-state index contributed by atoms with van der Waals surface area (Å²) < 4.78 is 6.73. The highest BCUT2D eigenvalue weighted by Crippen LogP contribution is 2.40. The van der Waals surface area contributed by atoms with E-state index < -0.39 is 8.32 Å². The monoisotopic (exact) mass is 324 g/mol. The fraction of sp³-hybridized carbons (Fsp3) is 0.429. The minimum atomic E-state index is -1.88. The van der Waals surface area contributed by atoms with Gasteiger partial charge in [0.25, 0.3) is 8.32 Å². The van der Waals surface area contributed by atoms with Crippen molar-refractivity contribution in [2.75, 3.05) is 0 Å². The van der Waals surface area contributed by atoms with Gasteiger partial charge < -0.3 is 4.43 Å². The second-order valence-corrected chi connectivity index (χ2v) is 12.4. The Bertz CT molecular complexity index is 717. The molecule has 0 unspecified atom stereocenters. The molecule has 2 heteroatoms. The van der Waals surface area contributed by atoms with Crippen LogP contribution in [0.5, 0.6) is 5.75 Å². The quantitative estimate of drug-likeness (QED) is 0.362. The SMILES string of the molecule is C#CCCCc1ccc2ccccc2c1O[Si](C)(C)C(C)(C)C. The number of hydrogen-bond donors (Lipinski definition) is 0. The first-order chi connectivity index (χ1) is 10.8. The van der Waals surface area contributed by atoms with Gasteiger partial charge in [0.15, 0.2) is 0 Å². The highest BCUT2D eigenvalue weighted by atomic mass is 28.4. The van der Waals surface area contributed by atoms with E-state index in [4.69, 9.17) is 10.8 Å². The van der Waals surface area contributed by atoms with Crippen molar-refractivity contribution < 1.29 is 4.43 Å². The molecular formula is C21H28OSi. The number of rotatable bonds is 5. The second kappa shape index (κ2) is 6.80. The van der Waals surface area contributed by atoms with Gasteiger partial charge in [-0.1, -0.05) is 57.2 Å². The normalized spacial score (nSPS) is 12.2. The maximum absolute atomic E-state index is 6.73. The summed E-state index contributed by atoms with van der Waals surface area (Å²) in [6.07, 6.45) is 8.19. The summed E-state index contributed by atoms with van der Waals surface area (Å²) in [6.45, 7) is 11.5. The van der Waals surface area contributed by atoms with Crippen molar-refractivity contribution >= 4 is 19.1 Å². The molecular weight excluding hydrogens is 296 g/mol. The minimum Gasteiger partial charge on any atom is -0.543 e. The van der Waals surface area contributed by atoms with Crippen LogP contribution < -0.4 is 4.43 Å². The maximum Gasteiger partial charge on any atom is 0.250 e. The van der Waals surface area contributed by atoms with E-state index in [-0.39, 0.29) is 5.04 Å². The van der Waals surface area contributed by atoms with Crippen molar-refractivity contribution in [3.8, 4) is 18.1 Å². The molecule has 0 atom stereocenters. The van der Waals surface area contributed by atoms with Crippen molar-refractivity contribution in [3.05, 3.63) is 42.0 Å². The minimum absolute atomic E-state index is 0.181. The Morgan fingerprint density at radius 2 is 1.78 bits per heavy atom. The average Bonchev–Trinajstić information content (AvgIpc) is 2.48. The smallest absolute Gasteiger partial charge is 0.250 e. The molecule has 0 heterocycles. The van der Waals surface area contributed by atoms with E-state index in [1.165, 1.54) is 16.3 Å². The summed E-state index contributed by atoms with van der Waals surface area (Å²) in [5.41, 5.74) is 1.28. The number of aryl methyl sites for hydroxylation is 1. The Morgan fingerprint density at radius 3 is 2.43 bits per heavy atom. The number of unbranched alkanes of at least 4 members (excludes halogenated alkanes) is 1. The Kier molecular flexibility index (Phi) is 5.22. The summed E-state index contributed by atoms with van der Waals surface area (Å²) in [4.78, 5) is 0. The van der Waals surface area contributed by atoms with Crippen molar-refractivity contribution in [3.63, 3.8) is 0 Å². The molecule has 122 valence electrons. The number of hydrogen-bond acceptors (Lipinski definition) is 1. The molecule has 0 saturated carbocycles. The van der Waals surface area contributed by atoms with Crippen LogP contribution in [0.1, 0.15) is 39.2 Å². The van der Waals surface area contributed by atoms with Gasteiger partial charge in [0, 0.05) is 11.8 Å². The first-order valence-electron chi connectivity index (χ1n) is 8.39. The average molecular weight is 325 g/mol. The van der Waals surface area contributed by atoms with Crippen LogP contribution in [0.15, 0.2) is 36.4 Å². The fourth-order valence-electron chi connectivity index (χ4n) is 2.39. The van der Waals surface area contributed by atoms with E-state index in [0.717, 1.165) is 25.0 Å². The van der Waals surface area contributed by atoms with Gasteiger partial charge in [-0.3, -0.25) is 0 Å². The lowest BCUT2D eigenvalue weighted by Crippen LogP contribution is -2.44. The van der Waals surface area contributed by atoms with Crippen LogP contribution in [0.3, 0.4) is 0 Å². The third-order valence-electron chi connectivity index (χ3n) is 4.89. The molecule has 1 nitrogen and oxygen atoms in total. The van der Waals surface area contributed by atoms with Gasteiger partial charge in [0.2, 0.25) is 0 Å². The van der Waals surface area contributed by atoms with Crippen molar-refractivity contribution in [2.24, 2.45) is 0 Å². The molecule has 0 aliphatic carbocycles. The predicted molar refractivity (Wildman–Crippen MR) is 104 cm³/mol. The molecule has 0 aromatic heterocycles. The van der Waals surface area contributed by atoms with Gasteiger partial charge in [-0.2, -0.15) is 0 Å². The maximum atomic E-state index is 6.73. The molecule has 2 aromatic rings. The Morgan fingerprint density at radius 1 is 1.09 bits per heavy atom. The van der Waals surface area contributed by atoms with Crippen LogP contribution in [0, 0.1) is 12.3 Å². The van der Waals surface area contributed by atoms with Crippen LogP contribution in [0.2, 0.25) is 18.1 Å². The number of terminal acetylenes is 1. The van der Waals surface area contributed by atoms with Gasteiger partial charge in [-0.05, 0) is 41.9 Å². The van der Waals surface area contributed by atoms with E-state index in [2.05, 4.69) is 76.2 Å². The Labute approximate surface area is 142 Å². The van der Waals surface area contributed by atoms with Gasteiger partial charge >= 0.3 is 0 Å². The summed E-state index contributed by atoms with van der Waals surface area (Å²) in [7, 11) is -1.88. The Hall–Kier alpha value is -1.72. The van der Waals surface area contributed by atoms with Crippen LogP contribution in [0.25, 0.3) is 10.8 Å². The van der Waals surface area contributed by atoms with Crippen LogP contribution in [0.4, 0.5) is 0 Å². The lowest BCUT2D eigenvalue weighted by molar-refractivity contribution is 0.491. The van der Waals surface area contributed by atoms with Crippen LogP contribution in [-0.4, -0.2) is 8.32 Å². The van der Waals surface area contributed by atoms with Gasteiger partial charge in [0.05, 0.1) is 0 Å². The molecule has 0 saturated heterocycles. The molecule has 0 amide bonds. The first kappa shape index (κ1) is 17.6. The molecule has 0 radical (unpaired) electrons. The fourth-order valence-corrected chi connectivity index (χ4v) is 3.45.